The molecule has 6 heteroatoms. The highest BCUT2D eigenvalue weighted by molar-refractivity contribution is 7.07. The van der Waals surface area contributed by atoms with Crippen LogP contribution in [0.1, 0.15) is 31.4 Å². The third kappa shape index (κ3) is 6.23. The van der Waals surface area contributed by atoms with Gasteiger partial charge in [0, 0.05) is 31.7 Å². The van der Waals surface area contributed by atoms with Crippen LogP contribution in [0.5, 0.6) is 0 Å². The van der Waals surface area contributed by atoms with Gasteiger partial charge in [0.25, 0.3) is 0 Å². The van der Waals surface area contributed by atoms with Gasteiger partial charge in [-0.1, -0.05) is 26.0 Å². The van der Waals surface area contributed by atoms with E-state index in [1.54, 1.807) is 18.4 Å². The van der Waals surface area contributed by atoms with E-state index in [-0.39, 0.29) is 11.8 Å². The van der Waals surface area contributed by atoms with Crippen LogP contribution in [0, 0.1) is 5.92 Å². The SMILES string of the molecule is CCC(C)C(=O)Nc1cccc(CNC(=NC)NCc2ccsc2)c1. The number of nitrogens with one attached hydrogen (secondary N) is 3. The second-order valence-corrected chi connectivity index (χ2v) is 6.69. The lowest BCUT2D eigenvalue weighted by Crippen LogP contribution is -2.36. The van der Waals surface area contributed by atoms with Crippen molar-refractivity contribution in [2.24, 2.45) is 10.9 Å². The Hall–Kier alpha value is -2.34. The van der Waals surface area contributed by atoms with E-state index in [2.05, 4.69) is 37.8 Å². The Morgan fingerprint density at radius 1 is 1.20 bits per heavy atom. The van der Waals surface area contributed by atoms with Crippen molar-refractivity contribution in [1.82, 2.24) is 10.6 Å². The molecule has 0 bridgehead atoms. The van der Waals surface area contributed by atoms with Crippen LogP contribution in [0.15, 0.2) is 46.1 Å². The van der Waals surface area contributed by atoms with Gasteiger partial charge in [0.1, 0.15) is 0 Å². The number of benzene rings is 1. The van der Waals surface area contributed by atoms with Crippen LogP contribution in [-0.2, 0) is 17.9 Å². The Bertz CT molecular complexity index is 697. The van der Waals surface area contributed by atoms with Crippen molar-refractivity contribution in [3.8, 4) is 0 Å². The van der Waals surface area contributed by atoms with Gasteiger partial charge in [-0.15, -0.1) is 0 Å². The van der Waals surface area contributed by atoms with Crippen LogP contribution >= 0.6 is 11.3 Å². The van der Waals surface area contributed by atoms with Crippen LogP contribution in [0.3, 0.4) is 0 Å². The van der Waals surface area contributed by atoms with E-state index in [0.717, 1.165) is 30.2 Å². The molecule has 3 N–H and O–H groups in total. The number of anilines is 1. The fraction of sp³-hybridized carbons (Fsp3) is 0.368. The second kappa shape index (κ2) is 9.84. The summed E-state index contributed by atoms with van der Waals surface area (Å²) in [4.78, 5) is 16.2. The number of amides is 1. The summed E-state index contributed by atoms with van der Waals surface area (Å²) in [6.07, 6.45) is 0.833. The summed E-state index contributed by atoms with van der Waals surface area (Å²) in [7, 11) is 1.76. The minimum Gasteiger partial charge on any atom is -0.352 e. The summed E-state index contributed by atoms with van der Waals surface area (Å²) < 4.78 is 0. The molecule has 2 aromatic rings. The molecule has 1 aromatic heterocycles. The number of hydrogen-bond acceptors (Lipinski definition) is 3. The first kappa shape index (κ1) is 19.0. The smallest absolute Gasteiger partial charge is 0.227 e. The molecule has 1 unspecified atom stereocenters. The zero-order valence-electron chi connectivity index (χ0n) is 15.0. The van der Waals surface area contributed by atoms with E-state index >= 15 is 0 Å². The van der Waals surface area contributed by atoms with E-state index in [0.29, 0.717) is 6.54 Å². The van der Waals surface area contributed by atoms with Crippen LogP contribution in [0.4, 0.5) is 5.69 Å². The lowest BCUT2D eigenvalue weighted by atomic mass is 10.1. The number of nitrogens with zero attached hydrogens (tertiary/aromatic N) is 1. The highest BCUT2D eigenvalue weighted by Gasteiger charge is 2.10. The molecule has 0 saturated carbocycles. The quantitative estimate of drug-likeness (QED) is 0.523. The molecule has 1 heterocycles. The first-order valence-corrected chi connectivity index (χ1v) is 9.42. The number of hydrogen-bond donors (Lipinski definition) is 3. The van der Waals surface area contributed by atoms with Gasteiger partial charge in [-0.25, -0.2) is 0 Å². The van der Waals surface area contributed by atoms with Crippen molar-refractivity contribution in [3.05, 3.63) is 52.2 Å². The maximum absolute atomic E-state index is 12.0. The molecule has 0 saturated heterocycles. The van der Waals surface area contributed by atoms with Crippen molar-refractivity contribution in [2.75, 3.05) is 12.4 Å². The van der Waals surface area contributed by atoms with Gasteiger partial charge in [0.2, 0.25) is 5.91 Å². The van der Waals surface area contributed by atoms with E-state index in [9.17, 15) is 4.79 Å². The van der Waals surface area contributed by atoms with Crippen molar-refractivity contribution in [3.63, 3.8) is 0 Å². The Kier molecular flexibility index (Phi) is 7.47. The van der Waals surface area contributed by atoms with Crippen molar-refractivity contribution >= 4 is 28.9 Å². The van der Waals surface area contributed by atoms with Gasteiger partial charge in [0.05, 0.1) is 0 Å². The van der Waals surface area contributed by atoms with Crippen LogP contribution in [0.2, 0.25) is 0 Å². The largest absolute Gasteiger partial charge is 0.352 e. The highest BCUT2D eigenvalue weighted by atomic mass is 32.1. The molecule has 0 radical (unpaired) electrons. The number of thiophene rings is 1. The van der Waals surface area contributed by atoms with Gasteiger partial charge in [0.15, 0.2) is 5.96 Å². The molecule has 5 nitrogen and oxygen atoms in total. The normalized spacial score (nSPS) is 12.5. The fourth-order valence-corrected chi connectivity index (χ4v) is 2.86. The first-order chi connectivity index (χ1) is 12.1. The van der Waals surface area contributed by atoms with Crippen LogP contribution < -0.4 is 16.0 Å². The predicted molar refractivity (Wildman–Crippen MR) is 106 cm³/mol. The molecule has 2 rings (SSSR count). The molecule has 0 aliphatic heterocycles. The third-order valence-electron chi connectivity index (χ3n) is 3.98. The van der Waals surface area contributed by atoms with Crippen LogP contribution in [0.25, 0.3) is 0 Å². The average Bonchev–Trinajstić information content (AvgIpc) is 3.15. The molecule has 0 aliphatic rings. The number of carbonyl (C=O) groups excluding carboxylic acids is 1. The zero-order valence-corrected chi connectivity index (χ0v) is 15.8. The van der Waals surface area contributed by atoms with E-state index < -0.39 is 0 Å². The average molecular weight is 359 g/mol. The Morgan fingerprint density at radius 2 is 1.96 bits per heavy atom. The molecule has 1 atom stereocenters. The lowest BCUT2D eigenvalue weighted by molar-refractivity contribution is -0.119. The maximum Gasteiger partial charge on any atom is 0.227 e. The minimum absolute atomic E-state index is 0.0157. The third-order valence-corrected chi connectivity index (χ3v) is 4.71. The fourth-order valence-electron chi connectivity index (χ4n) is 2.20. The molecule has 1 aromatic carbocycles. The molecule has 134 valence electrons. The Balaban J connectivity index is 1.87. The first-order valence-electron chi connectivity index (χ1n) is 8.47. The maximum atomic E-state index is 12.0. The number of aliphatic imine (C=N–C) groups is 1. The summed E-state index contributed by atoms with van der Waals surface area (Å²) in [5.41, 5.74) is 3.15. The number of carbonyl (C=O) groups is 1. The second-order valence-electron chi connectivity index (χ2n) is 5.91. The monoisotopic (exact) mass is 358 g/mol. The highest BCUT2D eigenvalue weighted by Crippen LogP contribution is 2.13. The summed E-state index contributed by atoms with van der Waals surface area (Å²) in [5.74, 6) is 0.822. The molecular weight excluding hydrogens is 332 g/mol. The van der Waals surface area contributed by atoms with Crippen LogP contribution in [-0.4, -0.2) is 18.9 Å². The predicted octanol–water partition coefficient (Wildman–Crippen LogP) is 3.60. The zero-order chi connectivity index (χ0) is 18.1. The minimum atomic E-state index is 0.0157. The standard InChI is InChI=1S/C19H26N4OS/c1-4-14(2)18(24)23-17-7-5-6-15(10-17)11-21-19(20-3)22-12-16-8-9-25-13-16/h5-10,13-14H,4,11-12H2,1-3H3,(H,23,24)(H2,20,21,22). The molecule has 1 amide bonds. The van der Waals surface area contributed by atoms with Gasteiger partial charge >= 0.3 is 0 Å². The Morgan fingerprint density at radius 3 is 2.60 bits per heavy atom. The topological polar surface area (TPSA) is 65.5 Å². The van der Waals surface area contributed by atoms with Crippen molar-refractivity contribution < 1.29 is 4.79 Å². The Labute approximate surface area is 153 Å². The lowest BCUT2D eigenvalue weighted by Gasteiger charge is -2.13. The molecule has 0 spiro atoms. The van der Waals surface area contributed by atoms with E-state index in [4.69, 9.17) is 0 Å². The van der Waals surface area contributed by atoms with Crippen molar-refractivity contribution in [1.29, 1.82) is 0 Å². The van der Waals surface area contributed by atoms with E-state index in [1.807, 2.05) is 38.1 Å². The van der Waals surface area contributed by atoms with Gasteiger partial charge in [-0.3, -0.25) is 9.79 Å². The van der Waals surface area contributed by atoms with E-state index in [1.165, 1.54) is 5.56 Å². The number of rotatable bonds is 7. The summed E-state index contributed by atoms with van der Waals surface area (Å²) in [6, 6.07) is 9.96. The molecule has 25 heavy (non-hydrogen) atoms. The summed E-state index contributed by atoms with van der Waals surface area (Å²) in [6.45, 7) is 5.33. The molecular formula is C19H26N4OS. The van der Waals surface area contributed by atoms with Gasteiger partial charge in [-0.2, -0.15) is 11.3 Å². The summed E-state index contributed by atoms with van der Waals surface area (Å²) >= 11 is 1.68. The van der Waals surface area contributed by atoms with Crippen molar-refractivity contribution in [2.45, 2.75) is 33.4 Å². The molecule has 0 aliphatic carbocycles. The number of guanidine groups is 1. The van der Waals surface area contributed by atoms with Gasteiger partial charge < -0.3 is 16.0 Å². The van der Waals surface area contributed by atoms with Gasteiger partial charge in [-0.05, 0) is 46.5 Å². The summed E-state index contributed by atoms with van der Waals surface area (Å²) in [5, 5.41) is 13.7. The molecule has 0 fully saturated rings.